The topological polar surface area (TPSA) is 42.0 Å². The quantitative estimate of drug-likeness (QED) is 0.510. The van der Waals surface area contributed by atoms with Gasteiger partial charge in [0.1, 0.15) is 0 Å². The van der Waals surface area contributed by atoms with Gasteiger partial charge in [-0.1, -0.05) is 61.5 Å². The third kappa shape index (κ3) is 3.58. The average Bonchev–Trinajstić information content (AvgIpc) is 2.74. The van der Waals surface area contributed by atoms with Crippen molar-refractivity contribution in [3.8, 4) is 11.3 Å². The van der Waals surface area contributed by atoms with Crippen LogP contribution in [-0.4, -0.2) is 10.9 Å². The monoisotopic (exact) mass is 352 g/mol. The fourth-order valence-electron chi connectivity index (χ4n) is 3.16. The van der Waals surface area contributed by atoms with Crippen LogP contribution < -0.4 is 5.32 Å². The molecule has 3 nitrogen and oxygen atoms in total. The van der Waals surface area contributed by atoms with Crippen molar-refractivity contribution in [1.29, 1.82) is 0 Å². The fraction of sp³-hybridized carbons (Fsp3) is 0.0833. The number of aromatic nitrogens is 1. The molecule has 1 heterocycles. The Morgan fingerprint density at radius 2 is 1.59 bits per heavy atom. The van der Waals surface area contributed by atoms with Crippen LogP contribution in [0, 0.1) is 0 Å². The van der Waals surface area contributed by atoms with Crippen molar-refractivity contribution in [3.05, 3.63) is 96.1 Å². The molecule has 4 aromatic rings. The van der Waals surface area contributed by atoms with Crippen LogP contribution in [0.5, 0.6) is 0 Å². The predicted molar refractivity (Wildman–Crippen MR) is 111 cm³/mol. The van der Waals surface area contributed by atoms with E-state index in [-0.39, 0.29) is 5.91 Å². The number of benzene rings is 3. The highest BCUT2D eigenvalue weighted by Crippen LogP contribution is 2.26. The van der Waals surface area contributed by atoms with E-state index < -0.39 is 0 Å². The van der Waals surface area contributed by atoms with Crippen molar-refractivity contribution in [2.24, 2.45) is 0 Å². The highest BCUT2D eigenvalue weighted by molar-refractivity contribution is 6.13. The summed E-state index contributed by atoms with van der Waals surface area (Å²) in [6, 6.07) is 27.5. The number of pyridine rings is 1. The maximum Gasteiger partial charge on any atom is 0.256 e. The smallest absolute Gasteiger partial charge is 0.256 e. The molecule has 0 spiro atoms. The fourth-order valence-corrected chi connectivity index (χ4v) is 3.16. The lowest BCUT2D eigenvalue weighted by atomic mass is 10.0. The number of aryl methyl sites for hydroxylation is 1. The number of hydrogen-bond donors (Lipinski definition) is 1. The number of carbonyl (C=O) groups is 1. The maximum atomic E-state index is 13.1. The first kappa shape index (κ1) is 17.0. The molecule has 0 aliphatic heterocycles. The Morgan fingerprint density at radius 3 is 2.30 bits per heavy atom. The minimum Gasteiger partial charge on any atom is -0.322 e. The van der Waals surface area contributed by atoms with Gasteiger partial charge in [-0.15, -0.1) is 0 Å². The first-order valence-corrected chi connectivity index (χ1v) is 9.10. The molecule has 4 rings (SSSR count). The minimum absolute atomic E-state index is 0.126. The van der Waals surface area contributed by atoms with Gasteiger partial charge >= 0.3 is 0 Å². The molecule has 27 heavy (non-hydrogen) atoms. The van der Waals surface area contributed by atoms with Gasteiger partial charge in [0.2, 0.25) is 0 Å². The van der Waals surface area contributed by atoms with Crippen molar-refractivity contribution < 1.29 is 4.79 Å². The second-order valence-electron chi connectivity index (χ2n) is 6.45. The Balaban J connectivity index is 1.86. The van der Waals surface area contributed by atoms with E-state index in [0.717, 1.165) is 34.3 Å². The molecule has 0 atom stereocenters. The average molecular weight is 352 g/mol. The summed E-state index contributed by atoms with van der Waals surface area (Å²) in [7, 11) is 0. The maximum absolute atomic E-state index is 13.1. The molecule has 0 radical (unpaired) electrons. The molecule has 0 fully saturated rings. The molecule has 3 heteroatoms. The standard InChI is InChI=1S/C24H20N2O/c1-2-17-13-14-22-20(15-17)21(24(27)25-19-11-7-4-8-12-19)16-23(26-22)18-9-5-3-6-10-18/h3-16H,2H2,1H3,(H,25,27). The van der Waals surface area contributed by atoms with Gasteiger partial charge in [0.25, 0.3) is 5.91 Å². The summed E-state index contributed by atoms with van der Waals surface area (Å²) in [5.41, 5.74) is 5.22. The van der Waals surface area contributed by atoms with Crippen LogP contribution >= 0.6 is 0 Å². The molecule has 0 bridgehead atoms. The first-order valence-electron chi connectivity index (χ1n) is 9.10. The highest BCUT2D eigenvalue weighted by atomic mass is 16.1. The van der Waals surface area contributed by atoms with E-state index in [0.29, 0.717) is 5.56 Å². The molecule has 1 aromatic heterocycles. The van der Waals surface area contributed by atoms with Crippen molar-refractivity contribution >= 4 is 22.5 Å². The number of carbonyl (C=O) groups excluding carboxylic acids is 1. The van der Waals surface area contributed by atoms with E-state index >= 15 is 0 Å². The largest absolute Gasteiger partial charge is 0.322 e. The Labute approximate surface area is 158 Å². The highest BCUT2D eigenvalue weighted by Gasteiger charge is 2.15. The van der Waals surface area contributed by atoms with E-state index in [1.54, 1.807) is 0 Å². The molecule has 0 unspecified atom stereocenters. The zero-order chi connectivity index (χ0) is 18.6. The van der Waals surface area contributed by atoms with Crippen molar-refractivity contribution in [2.45, 2.75) is 13.3 Å². The van der Waals surface area contributed by atoms with Crippen LogP contribution in [0.2, 0.25) is 0 Å². The third-order valence-corrected chi connectivity index (χ3v) is 4.63. The Bertz CT molecular complexity index is 1090. The minimum atomic E-state index is -0.126. The van der Waals surface area contributed by atoms with Crippen LogP contribution in [0.4, 0.5) is 5.69 Å². The summed E-state index contributed by atoms with van der Waals surface area (Å²) >= 11 is 0. The molecule has 0 aliphatic carbocycles. The number of hydrogen-bond acceptors (Lipinski definition) is 2. The lowest BCUT2D eigenvalue weighted by molar-refractivity contribution is 0.102. The SMILES string of the molecule is CCc1ccc2nc(-c3ccccc3)cc(C(=O)Nc3ccccc3)c2c1. The number of para-hydroxylation sites is 1. The zero-order valence-electron chi connectivity index (χ0n) is 15.1. The van der Waals surface area contributed by atoms with Crippen molar-refractivity contribution in [3.63, 3.8) is 0 Å². The normalized spacial score (nSPS) is 10.7. The van der Waals surface area contributed by atoms with Crippen LogP contribution in [0.25, 0.3) is 22.2 Å². The van der Waals surface area contributed by atoms with Gasteiger partial charge < -0.3 is 5.32 Å². The van der Waals surface area contributed by atoms with Gasteiger partial charge in [0.05, 0.1) is 16.8 Å². The third-order valence-electron chi connectivity index (χ3n) is 4.63. The molecular weight excluding hydrogens is 332 g/mol. The van der Waals surface area contributed by atoms with Gasteiger partial charge in [-0.3, -0.25) is 4.79 Å². The van der Waals surface area contributed by atoms with E-state index in [1.165, 1.54) is 5.56 Å². The second-order valence-corrected chi connectivity index (χ2v) is 6.45. The predicted octanol–water partition coefficient (Wildman–Crippen LogP) is 5.72. The van der Waals surface area contributed by atoms with Crippen LogP contribution in [-0.2, 0) is 6.42 Å². The van der Waals surface area contributed by atoms with Crippen LogP contribution in [0.15, 0.2) is 84.9 Å². The van der Waals surface area contributed by atoms with Gasteiger partial charge in [-0.25, -0.2) is 4.98 Å². The summed E-state index contributed by atoms with van der Waals surface area (Å²) < 4.78 is 0. The molecule has 132 valence electrons. The van der Waals surface area contributed by atoms with E-state index in [1.807, 2.05) is 72.8 Å². The number of anilines is 1. The lowest BCUT2D eigenvalue weighted by Crippen LogP contribution is -2.13. The molecule has 0 saturated carbocycles. The molecule has 1 N–H and O–H groups in total. The first-order chi connectivity index (χ1) is 13.2. The number of nitrogens with zero attached hydrogens (tertiary/aromatic N) is 1. The molecular formula is C24H20N2O. The lowest BCUT2D eigenvalue weighted by Gasteiger charge is -2.12. The van der Waals surface area contributed by atoms with Gasteiger partial charge in [0.15, 0.2) is 0 Å². The van der Waals surface area contributed by atoms with Gasteiger partial charge in [-0.2, -0.15) is 0 Å². The number of fused-ring (bicyclic) bond motifs is 1. The summed E-state index contributed by atoms with van der Waals surface area (Å²) in [5.74, 6) is -0.126. The summed E-state index contributed by atoms with van der Waals surface area (Å²) in [4.78, 5) is 17.9. The van der Waals surface area contributed by atoms with Crippen LogP contribution in [0.1, 0.15) is 22.8 Å². The summed E-state index contributed by atoms with van der Waals surface area (Å²) in [6.07, 6.45) is 0.913. The molecule has 0 saturated heterocycles. The van der Waals surface area contributed by atoms with Crippen LogP contribution in [0.3, 0.4) is 0 Å². The van der Waals surface area contributed by atoms with E-state index in [2.05, 4.69) is 24.4 Å². The number of rotatable bonds is 4. The molecule has 0 aliphatic rings. The number of nitrogens with one attached hydrogen (secondary N) is 1. The molecule has 3 aromatic carbocycles. The van der Waals surface area contributed by atoms with E-state index in [9.17, 15) is 4.79 Å². The van der Waals surface area contributed by atoms with Crippen molar-refractivity contribution in [2.75, 3.05) is 5.32 Å². The molecule has 1 amide bonds. The van der Waals surface area contributed by atoms with E-state index in [4.69, 9.17) is 4.98 Å². The second kappa shape index (κ2) is 7.42. The Morgan fingerprint density at radius 1 is 0.889 bits per heavy atom. The Kier molecular flexibility index (Phi) is 4.67. The van der Waals surface area contributed by atoms with Crippen molar-refractivity contribution in [1.82, 2.24) is 4.98 Å². The van der Waals surface area contributed by atoms with Gasteiger partial charge in [0, 0.05) is 16.6 Å². The van der Waals surface area contributed by atoms with Gasteiger partial charge in [-0.05, 0) is 42.3 Å². The summed E-state index contributed by atoms with van der Waals surface area (Å²) in [6.45, 7) is 2.11. The Hall–Kier alpha value is -3.46. The summed E-state index contributed by atoms with van der Waals surface area (Å²) in [5, 5.41) is 3.88. The zero-order valence-corrected chi connectivity index (χ0v) is 15.1. The number of amides is 1.